The summed E-state index contributed by atoms with van der Waals surface area (Å²) in [5.74, 6) is -0.379. The average Bonchev–Trinajstić information content (AvgIpc) is 2.97. The molecule has 0 aromatic rings. The molecule has 2 aliphatic heterocycles. The Kier molecular flexibility index (Phi) is 2.74. The van der Waals surface area contributed by atoms with Crippen LogP contribution in [0.25, 0.3) is 0 Å². The number of carbonyl (C=O) groups is 1. The fourth-order valence-electron chi connectivity index (χ4n) is 7.22. The monoisotopic (exact) mass is 346 g/mol. The van der Waals surface area contributed by atoms with E-state index in [1.165, 1.54) is 7.11 Å². The quantitative estimate of drug-likeness (QED) is 0.584. The van der Waals surface area contributed by atoms with Gasteiger partial charge < -0.3 is 19.3 Å². The van der Waals surface area contributed by atoms with Crippen LogP contribution >= 0.6 is 0 Å². The van der Waals surface area contributed by atoms with Crippen LogP contribution in [0.2, 0.25) is 0 Å². The highest BCUT2D eigenvalue weighted by Gasteiger charge is 2.81. The third-order valence-corrected chi connectivity index (χ3v) is 8.05. The van der Waals surface area contributed by atoms with E-state index in [2.05, 4.69) is 20.4 Å². The predicted octanol–water partition coefficient (Wildman–Crippen LogP) is 2.55. The van der Waals surface area contributed by atoms with Crippen LogP contribution < -0.4 is 0 Å². The van der Waals surface area contributed by atoms with Gasteiger partial charge in [0, 0.05) is 11.3 Å². The van der Waals surface area contributed by atoms with Crippen LogP contribution in [-0.2, 0) is 19.0 Å². The second kappa shape index (κ2) is 4.32. The summed E-state index contributed by atoms with van der Waals surface area (Å²) in [7, 11) is 1.46. The van der Waals surface area contributed by atoms with Gasteiger partial charge in [0.15, 0.2) is 0 Å². The number of aliphatic hydroxyl groups is 1. The molecule has 1 saturated heterocycles. The van der Waals surface area contributed by atoms with Crippen molar-refractivity contribution in [2.75, 3.05) is 7.11 Å². The molecule has 5 rings (SSSR count). The Morgan fingerprint density at radius 2 is 2.20 bits per heavy atom. The van der Waals surface area contributed by atoms with Crippen molar-refractivity contribution in [2.45, 2.75) is 57.0 Å². The molecular formula is C20H26O5. The number of methoxy groups -OCH3 is 1. The van der Waals surface area contributed by atoms with Crippen molar-refractivity contribution in [1.82, 2.24) is 0 Å². The van der Waals surface area contributed by atoms with Crippen molar-refractivity contribution >= 4 is 5.97 Å². The number of rotatable bonds is 1. The topological polar surface area (TPSA) is 65.0 Å². The number of carbonyl (C=O) groups excluding carboxylic acids is 1. The van der Waals surface area contributed by atoms with Crippen LogP contribution in [0.4, 0.5) is 0 Å². The van der Waals surface area contributed by atoms with Gasteiger partial charge in [0.1, 0.15) is 5.60 Å². The van der Waals surface area contributed by atoms with Crippen molar-refractivity contribution in [3.8, 4) is 0 Å². The zero-order chi connectivity index (χ0) is 17.8. The van der Waals surface area contributed by atoms with Crippen LogP contribution in [0, 0.1) is 28.6 Å². The van der Waals surface area contributed by atoms with Gasteiger partial charge in [0.2, 0.25) is 6.29 Å². The van der Waals surface area contributed by atoms with Gasteiger partial charge in [-0.25, -0.2) is 0 Å². The summed E-state index contributed by atoms with van der Waals surface area (Å²) in [4.78, 5) is 13.0. The molecule has 0 amide bonds. The molecule has 1 N–H and O–H groups in total. The SMILES string of the molecule is C=C1C[C@]23C[C@@]1(O)CC[C@H]2[C@@]12C=COC(O1)C(C)(C)[C@H]2[C@@H]3C(=O)OC. The highest BCUT2D eigenvalue weighted by molar-refractivity contribution is 5.76. The molecule has 0 radical (unpaired) electrons. The predicted molar refractivity (Wildman–Crippen MR) is 89.1 cm³/mol. The van der Waals surface area contributed by atoms with Crippen molar-refractivity contribution in [1.29, 1.82) is 0 Å². The first-order valence-corrected chi connectivity index (χ1v) is 9.21. The highest BCUT2D eigenvalue weighted by Crippen LogP contribution is 2.77. The minimum atomic E-state index is -0.851. The van der Waals surface area contributed by atoms with Crippen molar-refractivity contribution in [2.24, 2.45) is 28.6 Å². The Morgan fingerprint density at radius 3 is 2.92 bits per heavy atom. The second-order valence-electron chi connectivity index (χ2n) is 9.36. The zero-order valence-corrected chi connectivity index (χ0v) is 15.1. The number of ether oxygens (including phenoxy) is 3. The highest BCUT2D eigenvalue weighted by atomic mass is 16.7. The normalized spacial score (nSPS) is 54.0. The molecule has 4 fully saturated rings. The third kappa shape index (κ3) is 1.53. The van der Waals surface area contributed by atoms with Crippen molar-refractivity contribution in [3.63, 3.8) is 0 Å². The number of hydrogen-bond acceptors (Lipinski definition) is 5. The second-order valence-corrected chi connectivity index (χ2v) is 9.36. The van der Waals surface area contributed by atoms with E-state index in [4.69, 9.17) is 14.2 Å². The number of fused-ring (bicyclic) bond motifs is 2. The largest absolute Gasteiger partial charge is 0.472 e. The summed E-state index contributed by atoms with van der Waals surface area (Å²) in [6.07, 6.45) is 6.21. The first-order valence-electron chi connectivity index (χ1n) is 9.21. The molecule has 3 saturated carbocycles. The van der Waals surface area contributed by atoms with E-state index in [-0.39, 0.29) is 40.8 Å². The van der Waals surface area contributed by atoms with Crippen LogP contribution in [0.3, 0.4) is 0 Å². The first-order chi connectivity index (χ1) is 11.7. The Bertz CT molecular complexity index is 711. The summed E-state index contributed by atoms with van der Waals surface area (Å²) in [5, 5.41) is 11.1. The first kappa shape index (κ1) is 15.9. The van der Waals surface area contributed by atoms with Gasteiger partial charge in [0.05, 0.1) is 24.9 Å². The van der Waals surface area contributed by atoms with E-state index in [1.54, 1.807) is 6.26 Å². The molecule has 5 aliphatic rings. The minimum absolute atomic E-state index is 0.0329. The molecule has 7 atom stereocenters. The fourth-order valence-corrected chi connectivity index (χ4v) is 7.22. The van der Waals surface area contributed by atoms with Crippen molar-refractivity contribution in [3.05, 3.63) is 24.5 Å². The summed E-state index contributed by atoms with van der Waals surface area (Å²) in [6.45, 7) is 8.41. The summed E-state index contributed by atoms with van der Waals surface area (Å²) >= 11 is 0. The molecule has 1 unspecified atom stereocenters. The van der Waals surface area contributed by atoms with E-state index >= 15 is 0 Å². The van der Waals surface area contributed by atoms with Crippen LogP contribution in [0.5, 0.6) is 0 Å². The summed E-state index contributed by atoms with van der Waals surface area (Å²) in [6, 6.07) is 0. The Balaban J connectivity index is 1.75. The smallest absolute Gasteiger partial charge is 0.309 e. The van der Waals surface area contributed by atoms with Crippen LogP contribution in [-0.4, -0.2) is 35.7 Å². The van der Waals surface area contributed by atoms with E-state index in [0.717, 1.165) is 12.0 Å². The van der Waals surface area contributed by atoms with Crippen LogP contribution in [0.1, 0.15) is 39.5 Å². The lowest BCUT2D eigenvalue weighted by atomic mass is 9.62. The molecule has 2 heterocycles. The average molecular weight is 346 g/mol. The summed E-state index contributed by atoms with van der Waals surface area (Å²) in [5.41, 5.74) is -1.17. The molecular weight excluding hydrogens is 320 g/mol. The summed E-state index contributed by atoms with van der Waals surface area (Å²) < 4.78 is 17.5. The zero-order valence-electron chi connectivity index (χ0n) is 15.1. The van der Waals surface area contributed by atoms with Gasteiger partial charge in [0.25, 0.3) is 0 Å². The maximum atomic E-state index is 13.0. The Morgan fingerprint density at radius 1 is 1.44 bits per heavy atom. The van der Waals surface area contributed by atoms with Gasteiger partial charge in [-0.1, -0.05) is 20.4 Å². The van der Waals surface area contributed by atoms with Gasteiger partial charge >= 0.3 is 5.97 Å². The van der Waals surface area contributed by atoms with Crippen molar-refractivity contribution < 1.29 is 24.1 Å². The Hall–Kier alpha value is -1.33. The molecule has 5 heteroatoms. The standard InChI is InChI=1S/C20H26O5/c1-11-9-18-10-19(11,22)6-5-12(18)20-7-8-24-16(25-20)17(2,3)14(20)13(18)15(21)23-4/h7-8,12-14,16,22H,1,5-6,9-10H2,2-4H3/t12-,13-,14-,16?,18+,19+,20-/m1/s1. The fraction of sp³-hybridized carbons (Fsp3) is 0.750. The van der Waals surface area contributed by atoms with Gasteiger partial charge in [-0.05, 0) is 48.7 Å². The number of esters is 1. The molecule has 0 aromatic heterocycles. The van der Waals surface area contributed by atoms with E-state index in [1.807, 2.05) is 6.08 Å². The van der Waals surface area contributed by atoms with Gasteiger partial charge in [-0.15, -0.1) is 0 Å². The lowest BCUT2D eigenvalue weighted by Crippen LogP contribution is -2.48. The molecule has 3 aliphatic carbocycles. The van der Waals surface area contributed by atoms with Crippen LogP contribution in [0.15, 0.2) is 24.5 Å². The van der Waals surface area contributed by atoms with Gasteiger partial charge in [-0.2, -0.15) is 0 Å². The number of hydrogen-bond donors (Lipinski definition) is 1. The van der Waals surface area contributed by atoms with E-state index in [9.17, 15) is 9.90 Å². The third-order valence-electron chi connectivity index (χ3n) is 8.05. The maximum absolute atomic E-state index is 13.0. The van der Waals surface area contributed by atoms with E-state index in [0.29, 0.717) is 19.3 Å². The molecule has 5 nitrogen and oxygen atoms in total. The molecule has 4 bridgehead atoms. The molecule has 25 heavy (non-hydrogen) atoms. The Labute approximate surface area is 148 Å². The maximum Gasteiger partial charge on any atom is 0.309 e. The van der Waals surface area contributed by atoms with Gasteiger partial charge in [-0.3, -0.25) is 4.79 Å². The molecule has 2 spiro atoms. The minimum Gasteiger partial charge on any atom is -0.472 e. The lowest BCUT2D eigenvalue weighted by molar-refractivity contribution is -0.197. The molecule has 136 valence electrons. The lowest BCUT2D eigenvalue weighted by Gasteiger charge is -2.46. The molecule has 0 aromatic carbocycles. The van der Waals surface area contributed by atoms with E-state index < -0.39 is 11.2 Å².